The largest absolute Gasteiger partial charge is 0.544 e. The molecule has 53 heavy (non-hydrogen) atoms. The number of carboxylic acid groups (broad SMARTS) is 1. The summed E-state index contributed by atoms with van der Waals surface area (Å²) in [5.74, 6) is -3.15. The van der Waals surface area contributed by atoms with Gasteiger partial charge in [-0.15, -0.1) is 11.3 Å². The Morgan fingerprint density at radius 2 is 1.75 bits per heavy atom. The number of thiophene rings is 1. The third-order valence-corrected chi connectivity index (χ3v) is 11.1. The highest BCUT2D eigenvalue weighted by atomic mass is 35.5. The molecule has 0 unspecified atom stereocenters. The van der Waals surface area contributed by atoms with Gasteiger partial charge >= 0.3 is 12.7 Å². The molecule has 2 aromatic carbocycles. The van der Waals surface area contributed by atoms with Crippen molar-refractivity contribution in [1.82, 2.24) is 4.90 Å². The molecule has 3 saturated heterocycles. The van der Waals surface area contributed by atoms with Gasteiger partial charge in [-0.3, -0.25) is 15.0 Å². The summed E-state index contributed by atoms with van der Waals surface area (Å²) in [6, 6.07) is 11.5. The minimum Gasteiger partial charge on any atom is -0.544 e. The first-order valence-electron chi connectivity index (χ1n) is 16.9. The first-order valence-corrected chi connectivity index (χ1v) is 18.5. The molecular weight excluding hydrogens is 758 g/mol. The Morgan fingerprint density at radius 1 is 1.06 bits per heavy atom. The van der Waals surface area contributed by atoms with E-state index in [0.29, 0.717) is 27.3 Å². The fraction of sp³-hybridized carbons (Fsp3) is 0.378. The van der Waals surface area contributed by atoms with E-state index >= 15 is 4.39 Å². The van der Waals surface area contributed by atoms with E-state index in [1.807, 2.05) is 0 Å². The normalized spacial score (nSPS) is 18.6. The second-order valence-electron chi connectivity index (χ2n) is 13.2. The Labute approximate surface area is 317 Å². The van der Waals surface area contributed by atoms with Gasteiger partial charge in [0.1, 0.15) is 22.0 Å². The lowest BCUT2D eigenvalue weighted by atomic mass is 9.85. The van der Waals surface area contributed by atoms with Gasteiger partial charge in [0.2, 0.25) is 12.4 Å². The van der Waals surface area contributed by atoms with E-state index in [0.717, 1.165) is 42.2 Å². The Hall–Kier alpha value is -4.24. The molecule has 0 spiro atoms. The quantitative estimate of drug-likeness (QED) is 0.113. The number of pyridine rings is 1. The number of hydrogen-bond acceptors (Lipinski definition) is 9. The molecule has 5 heterocycles. The van der Waals surface area contributed by atoms with Gasteiger partial charge in [-0.2, -0.15) is 8.78 Å². The molecule has 1 N–H and O–H groups in total. The van der Waals surface area contributed by atoms with Crippen molar-refractivity contribution in [2.75, 3.05) is 24.5 Å². The van der Waals surface area contributed by atoms with E-state index < -0.39 is 36.5 Å². The number of ether oxygens (including phenoxy) is 3. The van der Waals surface area contributed by atoms with Crippen molar-refractivity contribution in [3.05, 3.63) is 103 Å². The van der Waals surface area contributed by atoms with Gasteiger partial charge in [-0.1, -0.05) is 41.4 Å². The zero-order valence-electron chi connectivity index (χ0n) is 28.6. The van der Waals surface area contributed by atoms with Crippen LogP contribution in [0.1, 0.15) is 63.8 Å². The van der Waals surface area contributed by atoms with Crippen LogP contribution in [-0.4, -0.2) is 60.6 Å². The minimum absolute atomic E-state index is 0.0204. The molecule has 0 radical (unpaired) electrons. The molecule has 282 valence electrons. The number of halogens is 5. The number of fused-ring (bicyclic) bond motifs is 3. The molecule has 2 aromatic heterocycles. The molecule has 2 bridgehead atoms. The summed E-state index contributed by atoms with van der Waals surface area (Å²) >= 11 is 13.9. The maximum atomic E-state index is 15.3. The zero-order valence-corrected chi connectivity index (χ0v) is 31.0. The van der Waals surface area contributed by atoms with Gasteiger partial charge in [0, 0.05) is 27.6 Å². The van der Waals surface area contributed by atoms with E-state index in [1.54, 1.807) is 26.0 Å². The monoisotopic (exact) mass is 793 g/mol. The third-order valence-electron chi connectivity index (χ3n) is 9.32. The topological polar surface area (TPSA) is 115 Å². The number of piperidine rings is 3. The van der Waals surface area contributed by atoms with Crippen LogP contribution in [0.4, 0.5) is 23.7 Å². The van der Waals surface area contributed by atoms with Crippen molar-refractivity contribution in [3.8, 4) is 11.5 Å². The SMILES string of the molecule is CC(C)Oc1cc([C@H](Cc2c(Cl)c[n+](O)cc2Cl)c2cc(CN(C(=O)O[C@H]3CN4CCC3CC4)c3ccccc3F)sc2C(=O)[O-])ccc1OC(F)F. The second-order valence-corrected chi connectivity index (χ2v) is 15.2. The Balaban J connectivity index is 1.43. The predicted octanol–water partition coefficient (Wildman–Crippen LogP) is 7.08. The summed E-state index contributed by atoms with van der Waals surface area (Å²) in [5.41, 5.74) is 0.921. The van der Waals surface area contributed by atoms with Crippen LogP contribution < -0.4 is 24.2 Å². The number of anilines is 1. The summed E-state index contributed by atoms with van der Waals surface area (Å²) in [6.45, 7) is 2.43. The molecule has 1 amide bonds. The van der Waals surface area contributed by atoms with Gasteiger partial charge in [0.05, 0.1) is 29.2 Å². The number of hydrogen-bond donors (Lipinski definition) is 1. The number of aromatic nitrogens is 1. The lowest BCUT2D eigenvalue weighted by Gasteiger charge is -2.44. The molecule has 0 saturated carbocycles. The molecule has 2 atom stereocenters. The van der Waals surface area contributed by atoms with E-state index in [4.69, 9.17) is 37.4 Å². The number of carbonyl (C=O) groups is 2. The number of benzene rings is 2. The molecule has 3 aliphatic heterocycles. The number of nitrogens with zero attached hydrogens (tertiary/aromatic N) is 3. The highest BCUT2D eigenvalue weighted by Gasteiger charge is 2.38. The predicted molar refractivity (Wildman–Crippen MR) is 189 cm³/mol. The standard InChI is InChI=1S/C37H36Cl2F3N3O7S/c1-20(2)50-32-13-22(7-8-31(32)51-36(41)42)24(15-26-27(38)17-44(49)18-28(26)39)25-14-23(53-34(25)35(46)47)16-45(30-6-4-3-5-29(30)40)37(48)52-33-19-43-11-9-21(33)10-12-43/h3-8,13-14,17-18,20-21,24,33,36H,9-12,15-16,19H2,1-2H3,(H-,46,47,49)/t24-,33-/m0/s1. The van der Waals surface area contributed by atoms with Crippen LogP contribution in [0.15, 0.2) is 60.9 Å². The maximum Gasteiger partial charge on any atom is 0.415 e. The first kappa shape index (κ1) is 38.5. The molecule has 7 rings (SSSR count). The van der Waals surface area contributed by atoms with E-state index in [-0.39, 0.29) is 62.7 Å². The molecule has 3 fully saturated rings. The van der Waals surface area contributed by atoms with Crippen molar-refractivity contribution in [3.63, 3.8) is 0 Å². The number of carboxylic acids is 1. The van der Waals surface area contributed by atoms with Crippen LogP contribution in [0.2, 0.25) is 10.0 Å². The molecule has 0 aliphatic carbocycles. The highest BCUT2D eigenvalue weighted by Crippen LogP contribution is 2.42. The first-order chi connectivity index (χ1) is 25.3. The van der Waals surface area contributed by atoms with Crippen LogP contribution >= 0.6 is 34.5 Å². The molecular formula is C37H36Cl2F3N3O7S. The van der Waals surface area contributed by atoms with Gasteiger partial charge < -0.3 is 24.1 Å². The van der Waals surface area contributed by atoms with Gasteiger partial charge in [-0.05, 0) is 93.6 Å². The van der Waals surface area contributed by atoms with Crippen molar-refractivity contribution in [2.24, 2.45) is 5.92 Å². The van der Waals surface area contributed by atoms with Crippen molar-refractivity contribution >= 4 is 52.3 Å². The number of rotatable bonds is 13. The van der Waals surface area contributed by atoms with E-state index in [2.05, 4.69) is 4.90 Å². The lowest BCUT2D eigenvalue weighted by molar-refractivity contribution is -0.904. The number of para-hydroxylation sites is 1. The lowest BCUT2D eigenvalue weighted by Crippen LogP contribution is -2.53. The van der Waals surface area contributed by atoms with Crippen molar-refractivity contribution < 1.29 is 52.0 Å². The zero-order chi connectivity index (χ0) is 38.0. The number of carbonyl (C=O) groups excluding carboxylic acids is 2. The van der Waals surface area contributed by atoms with E-state index in [9.17, 15) is 28.7 Å². The van der Waals surface area contributed by atoms with Gasteiger partial charge in [-0.25, -0.2) is 9.18 Å². The van der Waals surface area contributed by atoms with Crippen LogP contribution in [0.3, 0.4) is 0 Å². The summed E-state index contributed by atoms with van der Waals surface area (Å²) in [5, 5.41) is 22.9. The second kappa shape index (κ2) is 16.4. The van der Waals surface area contributed by atoms with Crippen LogP contribution in [0, 0.1) is 11.7 Å². The Morgan fingerprint density at radius 3 is 2.36 bits per heavy atom. The maximum absolute atomic E-state index is 15.3. The summed E-state index contributed by atoms with van der Waals surface area (Å²) in [7, 11) is 0. The Kier molecular flexibility index (Phi) is 11.9. The fourth-order valence-electron chi connectivity index (χ4n) is 6.89. The minimum atomic E-state index is -3.14. The van der Waals surface area contributed by atoms with Crippen LogP contribution in [-0.2, 0) is 17.7 Å². The van der Waals surface area contributed by atoms with Gasteiger partial charge in [0.15, 0.2) is 11.5 Å². The highest BCUT2D eigenvalue weighted by molar-refractivity contribution is 7.14. The molecule has 4 aromatic rings. The van der Waals surface area contributed by atoms with E-state index in [1.165, 1.54) is 48.8 Å². The number of aromatic carboxylic acids is 1. The fourth-order valence-corrected chi connectivity index (χ4v) is 8.54. The number of alkyl halides is 2. The van der Waals surface area contributed by atoms with Crippen LogP contribution in [0.25, 0.3) is 0 Å². The van der Waals surface area contributed by atoms with Crippen molar-refractivity contribution in [2.45, 2.75) is 64.4 Å². The van der Waals surface area contributed by atoms with Gasteiger partial charge in [0.25, 0.3) is 0 Å². The Bertz CT molecular complexity index is 1950. The van der Waals surface area contributed by atoms with Crippen molar-refractivity contribution in [1.29, 1.82) is 0 Å². The summed E-state index contributed by atoms with van der Waals surface area (Å²) in [4.78, 5) is 30.2. The average molecular weight is 795 g/mol. The molecule has 10 nitrogen and oxygen atoms in total. The average Bonchev–Trinajstić information content (AvgIpc) is 3.52. The third kappa shape index (κ3) is 8.94. The number of amides is 1. The summed E-state index contributed by atoms with van der Waals surface area (Å²) in [6.07, 6.45) is 2.54. The van der Waals surface area contributed by atoms with Crippen LogP contribution in [0.5, 0.6) is 11.5 Å². The smallest absolute Gasteiger partial charge is 0.415 e. The molecule has 3 aliphatic rings. The summed E-state index contributed by atoms with van der Waals surface area (Å²) < 4.78 is 59.2. The molecule has 16 heteroatoms.